The highest BCUT2D eigenvalue weighted by Gasteiger charge is 2.36. The minimum atomic E-state index is -0.587. The predicted molar refractivity (Wildman–Crippen MR) is 66.6 cm³/mol. The fourth-order valence-electron chi connectivity index (χ4n) is 2.64. The molecule has 2 aliphatic rings. The van der Waals surface area contributed by atoms with E-state index in [4.69, 9.17) is 14.2 Å². The average Bonchev–Trinajstić information content (AvgIpc) is 2.42. The van der Waals surface area contributed by atoms with E-state index in [1.807, 2.05) is 0 Å². The molecule has 0 spiro atoms. The molecule has 0 aliphatic carbocycles. The second kappa shape index (κ2) is 6.79. The SMILES string of the molecule is CO[C@H]1CCNC[C@@H]1OC1CNC[C@H](OC)[C@H]1O. The number of methoxy groups -OCH3 is 2. The van der Waals surface area contributed by atoms with E-state index in [9.17, 15) is 5.11 Å². The number of piperidine rings is 2. The average molecular weight is 260 g/mol. The van der Waals surface area contributed by atoms with Crippen molar-refractivity contribution < 1.29 is 19.3 Å². The first-order valence-electron chi connectivity index (χ1n) is 6.56. The van der Waals surface area contributed by atoms with Crippen LogP contribution in [0.2, 0.25) is 0 Å². The molecule has 0 aromatic rings. The molecule has 0 aromatic heterocycles. The molecular weight excluding hydrogens is 236 g/mol. The van der Waals surface area contributed by atoms with Crippen molar-refractivity contribution in [2.24, 2.45) is 0 Å². The summed E-state index contributed by atoms with van der Waals surface area (Å²) in [5, 5.41) is 16.7. The number of ether oxygens (including phenoxy) is 3. The largest absolute Gasteiger partial charge is 0.388 e. The van der Waals surface area contributed by atoms with E-state index in [-0.39, 0.29) is 24.4 Å². The molecule has 0 bridgehead atoms. The molecule has 2 fully saturated rings. The number of nitrogens with one attached hydrogen (secondary N) is 2. The molecular formula is C12H24N2O4. The second-order valence-electron chi connectivity index (χ2n) is 4.90. The molecule has 1 unspecified atom stereocenters. The minimum Gasteiger partial charge on any atom is -0.388 e. The van der Waals surface area contributed by atoms with Crippen molar-refractivity contribution in [3.05, 3.63) is 0 Å². The van der Waals surface area contributed by atoms with Gasteiger partial charge in [0.25, 0.3) is 0 Å². The fraction of sp³-hybridized carbons (Fsp3) is 1.00. The third-order valence-electron chi connectivity index (χ3n) is 3.77. The topological polar surface area (TPSA) is 72.0 Å². The molecule has 3 N–H and O–H groups in total. The Hall–Kier alpha value is -0.240. The van der Waals surface area contributed by atoms with Crippen molar-refractivity contribution in [2.75, 3.05) is 40.4 Å². The molecule has 18 heavy (non-hydrogen) atoms. The quantitative estimate of drug-likeness (QED) is 0.585. The molecule has 5 atom stereocenters. The number of aliphatic hydroxyl groups is 1. The smallest absolute Gasteiger partial charge is 0.109 e. The summed E-state index contributed by atoms with van der Waals surface area (Å²) in [5.41, 5.74) is 0. The minimum absolute atomic E-state index is 0.0131. The zero-order valence-corrected chi connectivity index (χ0v) is 11.1. The number of aliphatic hydroxyl groups excluding tert-OH is 1. The highest BCUT2D eigenvalue weighted by molar-refractivity contribution is 4.89. The van der Waals surface area contributed by atoms with E-state index in [1.165, 1.54) is 0 Å². The van der Waals surface area contributed by atoms with Gasteiger partial charge in [-0.15, -0.1) is 0 Å². The van der Waals surface area contributed by atoms with Crippen LogP contribution in [0.25, 0.3) is 0 Å². The Balaban J connectivity index is 1.90. The van der Waals surface area contributed by atoms with Gasteiger partial charge in [0, 0.05) is 33.9 Å². The molecule has 106 valence electrons. The van der Waals surface area contributed by atoms with E-state index >= 15 is 0 Å². The summed E-state index contributed by atoms with van der Waals surface area (Å²) < 4.78 is 16.7. The van der Waals surface area contributed by atoms with Gasteiger partial charge in [-0.05, 0) is 13.0 Å². The zero-order chi connectivity index (χ0) is 13.0. The van der Waals surface area contributed by atoms with Gasteiger partial charge in [-0.1, -0.05) is 0 Å². The maximum atomic E-state index is 10.2. The van der Waals surface area contributed by atoms with Crippen molar-refractivity contribution in [2.45, 2.75) is 36.9 Å². The maximum absolute atomic E-state index is 10.2. The van der Waals surface area contributed by atoms with Crippen LogP contribution in [0, 0.1) is 0 Å². The monoisotopic (exact) mass is 260 g/mol. The summed E-state index contributed by atoms with van der Waals surface area (Å²) >= 11 is 0. The molecule has 2 aliphatic heterocycles. The predicted octanol–water partition coefficient (Wildman–Crippen LogP) is -1.27. The van der Waals surface area contributed by atoms with Gasteiger partial charge >= 0.3 is 0 Å². The van der Waals surface area contributed by atoms with Gasteiger partial charge in [-0.25, -0.2) is 0 Å². The Morgan fingerprint density at radius 2 is 1.56 bits per heavy atom. The summed E-state index contributed by atoms with van der Waals surface area (Å²) in [6, 6.07) is 0. The van der Waals surface area contributed by atoms with E-state index in [0.717, 1.165) is 19.5 Å². The molecule has 0 saturated carbocycles. The lowest BCUT2D eigenvalue weighted by molar-refractivity contribution is -0.163. The van der Waals surface area contributed by atoms with Gasteiger partial charge in [0.1, 0.15) is 6.10 Å². The van der Waals surface area contributed by atoms with Gasteiger partial charge in [0.2, 0.25) is 0 Å². The second-order valence-corrected chi connectivity index (χ2v) is 4.90. The standard InChI is InChI=1S/C12H24N2O4/c1-16-8-3-4-13-5-9(8)18-11-7-14-6-10(17-2)12(11)15/h8-15H,3-7H2,1-2H3/t8-,9-,10-,11?,12+/m0/s1. The summed E-state index contributed by atoms with van der Waals surface area (Å²) in [6.45, 7) is 3.02. The Morgan fingerprint density at radius 3 is 2.28 bits per heavy atom. The highest BCUT2D eigenvalue weighted by Crippen LogP contribution is 2.18. The number of rotatable bonds is 4. The number of hydrogen-bond donors (Lipinski definition) is 3. The molecule has 0 aromatic carbocycles. The first kappa shape index (κ1) is 14.2. The van der Waals surface area contributed by atoms with Crippen LogP contribution in [0.1, 0.15) is 6.42 Å². The Kier molecular flexibility index (Phi) is 5.35. The zero-order valence-electron chi connectivity index (χ0n) is 11.1. The van der Waals surface area contributed by atoms with Crippen molar-refractivity contribution >= 4 is 0 Å². The van der Waals surface area contributed by atoms with Gasteiger partial charge in [-0.2, -0.15) is 0 Å². The van der Waals surface area contributed by atoms with Crippen LogP contribution in [0.3, 0.4) is 0 Å². The Bertz CT molecular complexity index is 254. The van der Waals surface area contributed by atoms with E-state index in [1.54, 1.807) is 14.2 Å². The first-order chi connectivity index (χ1) is 8.76. The first-order valence-corrected chi connectivity index (χ1v) is 6.56. The highest BCUT2D eigenvalue weighted by atomic mass is 16.6. The van der Waals surface area contributed by atoms with Crippen molar-refractivity contribution in [1.82, 2.24) is 10.6 Å². The van der Waals surface area contributed by atoms with E-state index < -0.39 is 6.10 Å². The molecule has 2 rings (SSSR count). The van der Waals surface area contributed by atoms with Crippen LogP contribution in [-0.4, -0.2) is 76.0 Å². The van der Waals surface area contributed by atoms with Crippen molar-refractivity contribution in [1.29, 1.82) is 0 Å². The van der Waals surface area contributed by atoms with Crippen molar-refractivity contribution in [3.8, 4) is 0 Å². The third-order valence-corrected chi connectivity index (χ3v) is 3.77. The van der Waals surface area contributed by atoms with Gasteiger partial charge < -0.3 is 30.0 Å². The van der Waals surface area contributed by atoms with Crippen LogP contribution in [-0.2, 0) is 14.2 Å². The Morgan fingerprint density at radius 1 is 0.889 bits per heavy atom. The lowest BCUT2D eigenvalue weighted by Gasteiger charge is -2.39. The Labute approximate surface area is 108 Å². The van der Waals surface area contributed by atoms with Crippen LogP contribution in [0.4, 0.5) is 0 Å². The lowest BCUT2D eigenvalue weighted by Crippen LogP contribution is -2.58. The van der Waals surface area contributed by atoms with Crippen LogP contribution < -0.4 is 10.6 Å². The molecule has 2 saturated heterocycles. The normalized spacial score (nSPS) is 41.8. The molecule has 0 radical (unpaired) electrons. The lowest BCUT2D eigenvalue weighted by atomic mass is 10.0. The van der Waals surface area contributed by atoms with E-state index in [0.29, 0.717) is 13.1 Å². The fourth-order valence-corrected chi connectivity index (χ4v) is 2.64. The summed E-state index contributed by atoms with van der Waals surface area (Å²) in [6.07, 6.45) is -0.0177. The summed E-state index contributed by atoms with van der Waals surface area (Å²) in [5.74, 6) is 0. The van der Waals surface area contributed by atoms with Gasteiger partial charge in [0.05, 0.1) is 24.4 Å². The third kappa shape index (κ3) is 3.20. The van der Waals surface area contributed by atoms with Crippen LogP contribution in [0.5, 0.6) is 0 Å². The molecule has 0 amide bonds. The molecule has 2 heterocycles. The molecule has 6 heteroatoms. The van der Waals surface area contributed by atoms with E-state index in [2.05, 4.69) is 10.6 Å². The van der Waals surface area contributed by atoms with Gasteiger partial charge in [-0.3, -0.25) is 0 Å². The number of hydrogen-bond acceptors (Lipinski definition) is 6. The van der Waals surface area contributed by atoms with Crippen LogP contribution in [0.15, 0.2) is 0 Å². The molecule has 6 nitrogen and oxygen atoms in total. The van der Waals surface area contributed by atoms with Crippen LogP contribution >= 0.6 is 0 Å². The van der Waals surface area contributed by atoms with Gasteiger partial charge in [0.15, 0.2) is 0 Å². The van der Waals surface area contributed by atoms with Crippen molar-refractivity contribution in [3.63, 3.8) is 0 Å². The summed E-state index contributed by atoms with van der Waals surface area (Å²) in [4.78, 5) is 0. The summed E-state index contributed by atoms with van der Waals surface area (Å²) in [7, 11) is 3.32. The maximum Gasteiger partial charge on any atom is 0.109 e.